The Balaban J connectivity index is 1.63. The molecule has 0 bridgehead atoms. The van der Waals surface area contributed by atoms with E-state index in [1.807, 2.05) is 25.1 Å². The molecule has 5 nitrogen and oxygen atoms in total. The fourth-order valence-electron chi connectivity index (χ4n) is 4.82. The van der Waals surface area contributed by atoms with E-state index in [4.69, 9.17) is 12.2 Å². The first-order valence-electron chi connectivity index (χ1n) is 12.0. The number of H-pyrrole nitrogens is 1. The van der Waals surface area contributed by atoms with Gasteiger partial charge in [0, 0.05) is 29.4 Å². The summed E-state index contributed by atoms with van der Waals surface area (Å²) in [5.41, 5.74) is 4.97. The Labute approximate surface area is 201 Å². The first kappa shape index (κ1) is 23.5. The number of anilines is 1. The van der Waals surface area contributed by atoms with Gasteiger partial charge in [0.1, 0.15) is 0 Å². The van der Waals surface area contributed by atoms with Gasteiger partial charge in [-0.15, -0.1) is 0 Å². The minimum Gasteiger partial charge on any atom is -0.343 e. The van der Waals surface area contributed by atoms with Gasteiger partial charge in [0.15, 0.2) is 5.11 Å². The number of fused-ring (bicyclic) bond motifs is 1. The van der Waals surface area contributed by atoms with Crippen molar-refractivity contribution < 1.29 is 0 Å². The third kappa shape index (κ3) is 5.45. The van der Waals surface area contributed by atoms with E-state index in [0.29, 0.717) is 17.7 Å². The molecule has 0 aliphatic carbocycles. The summed E-state index contributed by atoms with van der Waals surface area (Å²) in [4.78, 5) is 20.7. The Morgan fingerprint density at radius 3 is 2.79 bits per heavy atom. The number of nitrogens with one attached hydrogen (secondary N) is 2. The number of rotatable bonds is 7. The Hall–Kier alpha value is -2.70. The van der Waals surface area contributed by atoms with Crippen LogP contribution < -0.4 is 10.9 Å². The second-order valence-electron chi connectivity index (χ2n) is 8.96. The summed E-state index contributed by atoms with van der Waals surface area (Å²) in [5, 5.41) is 5.19. The molecule has 3 aromatic rings. The summed E-state index contributed by atoms with van der Waals surface area (Å²) >= 11 is 5.91. The van der Waals surface area contributed by atoms with Crippen molar-refractivity contribution in [2.75, 3.05) is 25.0 Å². The highest BCUT2D eigenvalue weighted by molar-refractivity contribution is 7.80. The molecule has 4 rings (SSSR count). The van der Waals surface area contributed by atoms with Crippen LogP contribution in [0.4, 0.5) is 5.69 Å². The van der Waals surface area contributed by atoms with E-state index in [-0.39, 0.29) is 5.56 Å². The summed E-state index contributed by atoms with van der Waals surface area (Å²) in [7, 11) is 0. The predicted molar refractivity (Wildman–Crippen MR) is 142 cm³/mol. The second-order valence-corrected chi connectivity index (χ2v) is 9.35. The number of nitrogens with zero attached hydrogens (tertiary/aromatic N) is 2. The highest BCUT2D eigenvalue weighted by atomic mass is 32.1. The minimum absolute atomic E-state index is 0.0476. The van der Waals surface area contributed by atoms with Crippen molar-refractivity contribution in [2.45, 2.75) is 52.6 Å². The van der Waals surface area contributed by atoms with Crippen molar-refractivity contribution in [1.29, 1.82) is 0 Å². The summed E-state index contributed by atoms with van der Waals surface area (Å²) in [5.74, 6) is 0. The molecule has 1 unspecified atom stereocenters. The van der Waals surface area contributed by atoms with E-state index in [1.54, 1.807) is 0 Å². The molecule has 0 spiro atoms. The Bertz CT molecular complexity index is 1190. The fourth-order valence-corrected chi connectivity index (χ4v) is 5.07. The molecule has 6 heteroatoms. The number of hydrogen-bond acceptors (Lipinski definition) is 3. The third-order valence-corrected chi connectivity index (χ3v) is 7.06. The maximum atomic E-state index is 13.0. The zero-order chi connectivity index (χ0) is 23.4. The van der Waals surface area contributed by atoms with Gasteiger partial charge in [0.2, 0.25) is 0 Å². The molecular formula is C27H34N4OS. The van der Waals surface area contributed by atoms with Crippen LogP contribution in [0.25, 0.3) is 10.9 Å². The van der Waals surface area contributed by atoms with Crippen molar-refractivity contribution in [3.05, 3.63) is 75.6 Å². The molecule has 174 valence electrons. The maximum Gasteiger partial charge on any atom is 0.253 e. The molecule has 1 aromatic heterocycles. The van der Waals surface area contributed by atoms with E-state index >= 15 is 0 Å². The molecule has 2 N–H and O–H groups in total. The van der Waals surface area contributed by atoms with Crippen molar-refractivity contribution in [3.8, 4) is 0 Å². The van der Waals surface area contributed by atoms with Gasteiger partial charge in [-0.25, -0.2) is 0 Å². The van der Waals surface area contributed by atoms with Crippen LogP contribution in [0.3, 0.4) is 0 Å². The number of para-hydroxylation sites is 1. The van der Waals surface area contributed by atoms with E-state index < -0.39 is 0 Å². The predicted octanol–water partition coefficient (Wildman–Crippen LogP) is 5.08. The van der Waals surface area contributed by atoms with E-state index in [1.165, 1.54) is 12.0 Å². The number of pyridine rings is 1. The Kier molecular flexibility index (Phi) is 7.46. The van der Waals surface area contributed by atoms with Gasteiger partial charge in [-0.2, -0.15) is 0 Å². The molecule has 1 aliphatic rings. The van der Waals surface area contributed by atoms with Gasteiger partial charge < -0.3 is 15.2 Å². The summed E-state index contributed by atoms with van der Waals surface area (Å²) in [6.07, 6.45) is 3.30. The van der Waals surface area contributed by atoms with Gasteiger partial charge >= 0.3 is 0 Å². The summed E-state index contributed by atoms with van der Waals surface area (Å²) in [6.45, 7) is 9.85. The van der Waals surface area contributed by atoms with Crippen molar-refractivity contribution in [3.63, 3.8) is 0 Å². The normalized spacial score (nSPS) is 16.3. The minimum atomic E-state index is -0.0476. The lowest BCUT2D eigenvalue weighted by Gasteiger charge is -2.32. The van der Waals surface area contributed by atoms with Crippen LogP contribution in [-0.2, 0) is 13.0 Å². The van der Waals surface area contributed by atoms with Crippen LogP contribution in [0.5, 0.6) is 0 Å². The molecule has 1 fully saturated rings. The van der Waals surface area contributed by atoms with Crippen LogP contribution in [0.2, 0.25) is 0 Å². The molecule has 2 aromatic carbocycles. The molecular weight excluding hydrogens is 428 g/mol. The first-order chi connectivity index (χ1) is 16.0. The molecule has 33 heavy (non-hydrogen) atoms. The zero-order valence-corrected chi connectivity index (χ0v) is 20.7. The molecule has 0 amide bonds. The Morgan fingerprint density at radius 1 is 1.18 bits per heavy atom. The van der Waals surface area contributed by atoms with Crippen molar-refractivity contribution in [1.82, 2.24) is 14.8 Å². The monoisotopic (exact) mass is 462 g/mol. The number of likely N-dealkylation sites (N-methyl/N-ethyl adjacent to an activating group) is 1. The van der Waals surface area contributed by atoms with E-state index in [0.717, 1.165) is 60.2 Å². The molecule has 1 aliphatic heterocycles. The quantitative estimate of drug-likeness (QED) is 0.480. The van der Waals surface area contributed by atoms with Crippen molar-refractivity contribution in [2.24, 2.45) is 0 Å². The molecule has 0 saturated carbocycles. The van der Waals surface area contributed by atoms with Crippen LogP contribution in [0, 0.1) is 6.92 Å². The van der Waals surface area contributed by atoms with Gasteiger partial charge in [-0.1, -0.05) is 44.2 Å². The topological polar surface area (TPSA) is 51.4 Å². The molecule has 0 radical (unpaired) electrons. The highest BCUT2D eigenvalue weighted by Gasteiger charge is 2.27. The fraction of sp³-hybridized carbons (Fsp3) is 0.407. The smallest absolute Gasteiger partial charge is 0.253 e. The van der Waals surface area contributed by atoms with Gasteiger partial charge in [-0.05, 0) is 86.2 Å². The number of thiocarbonyl (C=S) groups is 1. The SMILES string of the molecule is CCc1ccccc1NC(=S)N(Cc1cc2ccc(C)cc2[nH]c1=O)CC1CCCN1CC. The average molecular weight is 463 g/mol. The van der Waals surface area contributed by atoms with Gasteiger partial charge in [-0.3, -0.25) is 9.69 Å². The van der Waals surface area contributed by atoms with Crippen LogP contribution >= 0.6 is 12.2 Å². The lowest BCUT2D eigenvalue weighted by molar-refractivity contribution is 0.221. The van der Waals surface area contributed by atoms with Crippen LogP contribution in [-0.4, -0.2) is 45.6 Å². The number of hydrogen-bond donors (Lipinski definition) is 2. The largest absolute Gasteiger partial charge is 0.343 e. The van der Waals surface area contributed by atoms with Crippen LogP contribution in [0.1, 0.15) is 43.4 Å². The average Bonchev–Trinajstić information content (AvgIpc) is 3.26. The first-order valence-corrected chi connectivity index (χ1v) is 12.4. The van der Waals surface area contributed by atoms with E-state index in [2.05, 4.69) is 64.3 Å². The Morgan fingerprint density at radius 2 is 2.00 bits per heavy atom. The molecule has 1 atom stereocenters. The third-order valence-electron chi connectivity index (χ3n) is 6.70. The van der Waals surface area contributed by atoms with E-state index in [9.17, 15) is 4.79 Å². The second kappa shape index (κ2) is 10.5. The molecule has 1 saturated heterocycles. The lowest BCUT2D eigenvalue weighted by atomic mass is 10.1. The van der Waals surface area contributed by atoms with Gasteiger partial charge in [0.05, 0.1) is 6.54 Å². The summed E-state index contributed by atoms with van der Waals surface area (Å²) < 4.78 is 0. The lowest BCUT2D eigenvalue weighted by Crippen LogP contribution is -2.45. The zero-order valence-electron chi connectivity index (χ0n) is 19.9. The van der Waals surface area contributed by atoms with Gasteiger partial charge in [0.25, 0.3) is 5.56 Å². The number of likely N-dealkylation sites (tertiary alicyclic amines) is 1. The number of aromatic nitrogens is 1. The van der Waals surface area contributed by atoms with Crippen LogP contribution in [0.15, 0.2) is 53.3 Å². The number of benzene rings is 2. The maximum absolute atomic E-state index is 13.0. The van der Waals surface area contributed by atoms with Crippen molar-refractivity contribution >= 4 is 33.9 Å². The number of aromatic amines is 1. The highest BCUT2D eigenvalue weighted by Crippen LogP contribution is 2.21. The number of aryl methyl sites for hydroxylation is 2. The summed E-state index contributed by atoms with van der Waals surface area (Å²) in [6, 6.07) is 16.9. The standard InChI is InChI=1S/C27H34N4OS/c1-4-20-9-6-7-11-24(20)29-27(33)31(18-23-10-8-14-30(23)5-2)17-22-16-21-13-12-19(3)15-25(21)28-26(22)32/h6-7,9,11-13,15-16,23H,4-5,8,10,14,17-18H2,1-3H3,(H,28,32)(H,29,33). The molecule has 2 heterocycles.